The third-order valence-electron chi connectivity index (χ3n) is 5.07. The first kappa shape index (κ1) is 24.4. The molecule has 0 aliphatic carbocycles. The van der Waals surface area contributed by atoms with E-state index in [9.17, 15) is 9.59 Å². The molecule has 3 aromatic rings. The minimum absolute atomic E-state index is 0.0543. The van der Waals surface area contributed by atoms with Crippen LogP contribution >= 0.6 is 23.2 Å². The van der Waals surface area contributed by atoms with Crippen LogP contribution in [0.4, 0.5) is 11.6 Å². The van der Waals surface area contributed by atoms with Crippen LogP contribution in [0, 0.1) is 5.92 Å². The number of halogens is 2. The summed E-state index contributed by atoms with van der Waals surface area (Å²) >= 11 is 12.3. The maximum absolute atomic E-state index is 12.8. The molecule has 170 valence electrons. The Labute approximate surface area is 202 Å². The SMILES string of the molecule is COC(=O)C(C/C=C/c1ccc(N(C)c2ncccn2)cc1)CC(=O)c1c(Cl)cccc1Cl. The fourth-order valence-electron chi connectivity index (χ4n) is 3.28. The quantitative estimate of drug-likeness (QED) is 0.273. The van der Waals surface area contributed by atoms with Gasteiger partial charge in [0.2, 0.25) is 5.95 Å². The van der Waals surface area contributed by atoms with Crippen molar-refractivity contribution in [2.24, 2.45) is 5.92 Å². The fraction of sp³-hybridized carbons (Fsp3) is 0.200. The summed E-state index contributed by atoms with van der Waals surface area (Å²) in [6, 6.07) is 14.4. The van der Waals surface area contributed by atoms with Crippen LogP contribution in [0.3, 0.4) is 0 Å². The molecule has 0 aliphatic heterocycles. The van der Waals surface area contributed by atoms with Crippen LogP contribution in [0.25, 0.3) is 6.08 Å². The summed E-state index contributed by atoms with van der Waals surface area (Å²) in [4.78, 5) is 35.4. The van der Waals surface area contributed by atoms with Gasteiger partial charge in [0.1, 0.15) is 0 Å². The minimum Gasteiger partial charge on any atom is -0.469 e. The van der Waals surface area contributed by atoms with Crippen molar-refractivity contribution in [3.05, 3.63) is 88.2 Å². The van der Waals surface area contributed by atoms with E-state index < -0.39 is 11.9 Å². The second-order valence-corrected chi connectivity index (χ2v) is 8.10. The summed E-state index contributed by atoms with van der Waals surface area (Å²) in [5.74, 6) is -0.808. The monoisotopic (exact) mass is 483 g/mol. The standard InChI is InChI=1S/C25H23Cl2N3O3/c1-30(25-28-14-5-15-29-25)19-12-10-17(11-13-19)6-3-7-18(24(32)33-2)16-22(31)23-20(26)8-4-9-21(23)27/h3-6,8-15,18H,7,16H2,1-2H3/b6-3+. The summed E-state index contributed by atoms with van der Waals surface area (Å²) in [5.41, 5.74) is 2.11. The number of benzene rings is 2. The summed E-state index contributed by atoms with van der Waals surface area (Å²) in [5, 5.41) is 0.523. The van der Waals surface area contributed by atoms with Crippen LogP contribution in [0.1, 0.15) is 28.8 Å². The average molecular weight is 484 g/mol. The number of aromatic nitrogens is 2. The van der Waals surface area contributed by atoms with Crippen LogP contribution in [0.2, 0.25) is 10.0 Å². The van der Waals surface area contributed by atoms with Crippen molar-refractivity contribution < 1.29 is 14.3 Å². The van der Waals surface area contributed by atoms with Crippen LogP contribution in [-0.4, -0.2) is 35.9 Å². The molecule has 1 aromatic heterocycles. The molecule has 1 atom stereocenters. The van der Waals surface area contributed by atoms with E-state index in [1.54, 1.807) is 36.7 Å². The molecule has 33 heavy (non-hydrogen) atoms. The van der Waals surface area contributed by atoms with Crippen LogP contribution in [0.15, 0.2) is 67.0 Å². The van der Waals surface area contributed by atoms with Gasteiger partial charge in [-0.25, -0.2) is 9.97 Å². The first-order chi connectivity index (χ1) is 15.9. The van der Waals surface area contributed by atoms with Crippen LogP contribution in [-0.2, 0) is 9.53 Å². The molecule has 2 aromatic carbocycles. The highest BCUT2D eigenvalue weighted by Crippen LogP contribution is 2.28. The van der Waals surface area contributed by atoms with Gasteiger partial charge in [-0.2, -0.15) is 0 Å². The third kappa shape index (κ3) is 6.40. The number of carbonyl (C=O) groups excluding carboxylic acids is 2. The van der Waals surface area contributed by atoms with Gasteiger partial charge in [0.05, 0.1) is 28.6 Å². The molecule has 0 amide bonds. The number of carbonyl (C=O) groups is 2. The van der Waals surface area contributed by atoms with Crippen molar-refractivity contribution in [1.29, 1.82) is 0 Å². The van der Waals surface area contributed by atoms with Gasteiger partial charge in [0.25, 0.3) is 0 Å². The number of methoxy groups -OCH3 is 1. The molecule has 0 bridgehead atoms. The zero-order chi connectivity index (χ0) is 23.8. The highest BCUT2D eigenvalue weighted by Gasteiger charge is 2.24. The molecule has 0 spiro atoms. The van der Waals surface area contributed by atoms with E-state index in [0.717, 1.165) is 11.3 Å². The number of rotatable bonds is 9. The number of Topliss-reactive ketones (excluding diaryl/α,β-unsaturated/α-hetero) is 1. The molecule has 6 nitrogen and oxygen atoms in total. The molecule has 8 heteroatoms. The van der Waals surface area contributed by atoms with Crippen molar-refractivity contribution in [2.75, 3.05) is 19.1 Å². The molecule has 3 rings (SSSR count). The molecule has 0 saturated heterocycles. The highest BCUT2D eigenvalue weighted by atomic mass is 35.5. The predicted octanol–water partition coefficient (Wildman–Crippen LogP) is 6.02. The topological polar surface area (TPSA) is 72.4 Å². The summed E-state index contributed by atoms with van der Waals surface area (Å²) < 4.78 is 4.89. The number of nitrogens with zero attached hydrogens (tertiary/aromatic N) is 3. The number of anilines is 2. The third-order valence-corrected chi connectivity index (χ3v) is 5.70. The van der Waals surface area contributed by atoms with Gasteiger partial charge >= 0.3 is 5.97 Å². The Morgan fingerprint density at radius 3 is 2.27 bits per heavy atom. The Balaban J connectivity index is 1.66. The van der Waals surface area contributed by atoms with Gasteiger partial charge in [0.15, 0.2) is 5.78 Å². The fourth-order valence-corrected chi connectivity index (χ4v) is 3.89. The number of allylic oxidation sites excluding steroid dienone is 1. The molecular formula is C25H23Cl2N3O3. The molecule has 1 heterocycles. The van der Waals surface area contributed by atoms with Crippen molar-refractivity contribution >= 4 is 52.7 Å². The Kier molecular flexibility index (Phi) is 8.58. The molecule has 1 unspecified atom stereocenters. The van der Waals surface area contributed by atoms with E-state index in [1.165, 1.54) is 7.11 Å². The summed E-state index contributed by atoms with van der Waals surface area (Å²) in [6.07, 6.45) is 7.41. The Morgan fingerprint density at radius 2 is 1.67 bits per heavy atom. The van der Waals surface area contributed by atoms with Gasteiger partial charge in [-0.1, -0.05) is 53.6 Å². The van der Waals surface area contributed by atoms with Gasteiger partial charge in [-0.3, -0.25) is 9.59 Å². The van der Waals surface area contributed by atoms with Gasteiger partial charge in [-0.15, -0.1) is 0 Å². The number of esters is 1. The number of hydrogen-bond acceptors (Lipinski definition) is 6. The minimum atomic E-state index is -0.647. The largest absolute Gasteiger partial charge is 0.469 e. The lowest BCUT2D eigenvalue weighted by atomic mass is 9.95. The van der Waals surface area contributed by atoms with E-state index in [0.29, 0.717) is 12.4 Å². The van der Waals surface area contributed by atoms with Crippen LogP contribution < -0.4 is 4.90 Å². The average Bonchev–Trinajstić information content (AvgIpc) is 2.83. The molecule has 0 fully saturated rings. The van der Waals surface area contributed by atoms with E-state index in [-0.39, 0.29) is 27.8 Å². The lowest BCUT2D eigenvalue weighted by Gasteiger charge is -2.16. The van der Waals surface area contributed by atoms with Crippen molar-refractivity contribution in [2.45, 2.75) is 12.8 Å². The number of ketones is 1. The summed E-state index contributed by atoms with van der Waals surface area (Å²) in [7, 11) is 3.20. The highest BCUT2D eigenvalue weighted by molar-refractivity contribution is 6.39. The molecule has 0 N–H and O–H groups in total. The molecular weight excluding hydrogens is 461 g/mol. The maximum Gasteiger partial charge on any atom is 0.309 e. The number of hydrogen-bond donors (Lipinski definition) is 0. The van der Waals surface area contributed by atoms with Crippen molar-refractivity contribution in [1.82, 2.24) is 9.97 Å². The first-order valence-electron chi connectivity index (χ1n) is 10.2. The Morgan fingerprint density at radius 1 is 1.03 bits per heavy atom. The number of ether oxygens (including phenoxy) is 1. The second-order valence-electron chi connectivity index (χ2n) is 7.28. The predicted molar refractivity (Wildman–Crippen MR) is 131 cm³/mol. The normalized spacial score (nSPS) is 11.9. The van der Waals surface area contributed by atoms with Gasteiger partial charge in [0, 0.05) is 31.5 Å². The van der Waals surface area contributed by atoms with Gasteiger partial charge < -0.3 is 9.64 Å². The summed E-state index contributed by atoms with van der Waals surface area (Å²) in [6.45, 7) is 0. The molecule has 0 radical (unpaired) electrons. The zero-order valence-corrected chi connectivity index (χ0v) is 19.8. The lowest BCUT2D eigenvalue weighted by Crippen LogP contribution is -2.20. The molecule has 0 aliphatic rings. The van der Waals surface area contributed by atoms with E-state index in [2.05, 4.69) is 9.97 Å². The maximum atomic E-state index is 12.8. The Bertz CT molecular complexity index is 1120. The van der Waals surface area contributed by atoms with Crippen LogP contribution in [0.5, 0.6) is 0 Å². The van der Waals surface area contributed by atoms with E-state index >= 15 is 0 Å². The zero-order valence-electron chi connectivity index (χ0n) is 18.2. The Hall–Kier alpha value is -3.22. The van der Waals surface area contributed by atoms with E-state index in [4.69, 9.17) is 27.9 Å². The second kappa shape index (κ2) is 11.6. The van der Waals surface area contributed by atoms with Crippen molar-refractivity contribution in [3.63, 3.8) is 0 Å². The first-order valence-corrected chi connectivity index (χ1v) is 11.0. The van der Waals surface area contributed by atoms with Gasteiger partial charge in [-0.05, 0) is 42.3 Å². The van der Waals surface area contributed by atoms with E-state index in [1.807, 2.05) is 48.4 Å². The van der Waals surface area contributed by atoms with Crippen molar-refractivity contribution in [3.8, 4) is 0 Å². The lowest BCUT2D eigenvalue weighted by molar-refractivity contribution is -0.145. The smallest absolute Gasteiger partial charge is 0.309 e. The molecule has 0 saturated carbocycles.